The van der Waals surface area contributed by atoms with Gasteiger partial charge in [0.25, 0.3) is 0 Å². The molecule has 0 fully saturated rings. The van der Waals surface area contributed by atoms with Crippen molar-refractivity contribution in [2.75, 3.05) is 44.2 Å². The minimum atomic E-state index is -4.53. The number of nitrogens with zero attached hydrogens (tertiary/aromatic N) is 4. The molecule has 4 rings (SSSR count). The van der Waals surface area contributed by atoms with Crippen LogP contribution in [0.3, 0.4) is 0 Å². The number of benzene rings is 3. The smallest absolute Gasteiger partial charge is 0.416 e. The van der Waals surface area contributed by atoms with Crippen molar-refractivity contribution < 1.29 is 22.7 Å². The van der Waals surface area contributed by atoms with E-state index >= 15 is 0 Å². The molecule has 0 spiro atoms. The molecule has 0 aliphatic rings. The third kappa shape index (κ3) is 6.74. The van der Waals surface area contributed by atoms with Gasteiger partial charge < -0.3 is 25.6 Å². The number of nitrogens with one attached hydrogen (secondary N) is 1. The molecule has 4 aromatic rings. The molecule has 1 heterocycles. The normalized spacial score (nSPS) is 12.2. The summed E-state index contributed by atoms with van der Waals surface area (Å²) in [6.07, 6.45) is -4.36. The Bertz CT molecular complexity index is 1600. The van der Waals surface area contributed by atoms with Gasteiger partial charge in [0, 0.05) is 49.2 Å². The summed E-state index contributed by atoms with van der Waals surface area (Å²) in [4.78, 5) is 24.5. The predicted octanol–water partition coefficient (Wildman–Crippen LogP) is 6.46. The Morgan fingerprint density at radius 2 is 1.73 bits per heavy atom. The lowest BCUT2D eigenvalue weighted by atomic mass is 10.0. The molecular formula is C29H30ClF3N6O2. The van der Waals surface area contributed by atoms with Crippen LogP contribution in [-0.4, -0.2) is 49.0 Å². The molecule has 0 aliphatic heterocycles. The Morgan fingerprint density at radius 1 is 1.05 bits per heavy atom. The number of anilines is 4. The van der Waals surface area contributed by atoms with E-state index in [1.54, 1.807) is 34.2 Å². The van der Waals surface area contributed by atoms with Crippen LogP contribution in [0.4, 0.5) is 36.1 Å². The van der Waals surface area contributed by atoms with Crippen LogP contribution in [0, 0.1) is 0 Å². The molecule has 8 nitrogen and oxygen atoms in total. The number of nitrogen functional groups attached to an aromatic ring is 1. The van der Waals surface area contributed by atoms with Crippen molar-refractivity contribution in [1.29, 1.82) is 0 Å². The molecule has 12 heteroatoms. The minimum Gasteiger partial charge on any atom is -0.496 e. The Labute approximate surface area is 240 Å². The van der Waals surface area contributed by atoms with E-state index < -0.39 is 17.8 Å². The number of amides is 1. The molecule has 1 atom stereocenters. The summed E-state index contributed by atoms with van der Waals surface area (Å²) in [5.41, 5.74) is 8.16. The molecule has 1 aromatic heterocycles. The van der Waals surface area contributed by atoms with Crippen molar-refractivity contribution in [1.82, 2.24) is 14.9 Å². The number of likely N-dealkylation sites (N-methyl/N-ethyl adjacent to an activating group) is 1. The molecule has 0 bridgehead atoms. The van der Waals surface area contributed by atoms with Crippen LogP contribution in [0.5, 0.6) is 5.75 Å². The highest BCUT2D eigenvalue weighted by Gasteiger charge is 2.31. The topological polar surface area (TPSA) is 96.6 Å². The number of ether oxygens (including phenoxy) is 1. The van der Waals surface area contributed by atoms with Gasteiger partial charge in [0.05, 0.1) is 30.7 Å². The number of hydrogen-bond acceptors (Lipinski definition) is 7. The van der Waals surface area contributed by atoms with E-state index in [0.717, 1.165) is 29.1 Å². The van der Waals surface area contributed by atoms with Crippen LogP contribution >= 0.6 is 11.6 Å². The molecular weight excluding hydrogens is 557 g/mol. The second kappa shape index (κ2) is 11.7. The molecule has 0 aliphatic carbocycles. The fourth-order valence-electron chi connectivity index (χ4n) is 4.37. The second-order valence-corrected chi connectivity index (χ2v) is 10.2. The zero-order valence-corrected chi connectivity index (χ0v) is 23.9. The number of methoxy groups -OCH3 is 1. The van der Waals surface area contributed by atoms with Crippen molar-refractivity contribution >= 4 is 51.3 Å². The van der Waals surface area contributed by atoms with E-state index in [-0.39, 0.29) is 23.3 Å². The summed E-state index contributed by atoms with van der Waals surface area (Å²) in [7, 11) is 6.82. The van der Waals surface area contributed by atoms with Gasteiger partial charge in [0.15, 0.2) is 0 Å². The number of nitrogens with two attached hydrogens (primary N) is 1. The van der Waals surface area contributed by atoms with Crippen molar-refractivity contribution in [2.24, 2.45) is 0 Å². The number of carbonyl (C=O) groups is 1. The fourth-order valence-corrected chi connectivity index (χ4v) is 4.54. The first-order valence-corrected chi connectivity index (χ1v) is 13.0. The van der Waals surface area contributed by atoms with Gasteiger partial charge in [-0.25, -0.2) is 9.97 Å². The predicted molar refractivity (Wildman–Crippen MR) is 156 cm³/mol. The van der Waals surface area contributed by atoms with E-state index in [9.17, 15) is 18.0 Å². The van der Waals surface area contributed by atoms with Crippen LogP contribution in [0.15, 0.2) is 54.6 Å². The first-order chi connectivity index (χ1) is 19.3. The summed E-state index contributed by atoms with van der Waals surface area (Å²) >= 11 is 6.19. The average Bonchev–Trinajstić information content (AvgIpc) is 2.91. The summed E-state index contributed by atoms with van der Waals surface area (Å²) in [5.74, 6) is 0.899. The Morgan fingerprint density at radius 3 is 2.39 bits per heavy atom. The van der Waals surface area contributed by atoms with Crippen LogP contribution in [0.2, 0.25) is 5.28 Å². The second-order valence-electron chi connectivity index (χ2n) is 9.81. The third-order valence-electron chi connectivity index (χ3n) is 6.69. The van der Waals surface area contributed by atoms with E-state index in [1.165, 1.54) is 11.0 Å². The standard InChI is InChI=1S/C29H30ClF3N6O2/c1-16(17-10-19(29(31,32)33)14-20(34)11-17)35-27-23-15-22(6-8-24(23)36-28(30)37-27)39(4)21-7-9-25(41-5)18(12-21)13-26(40)38(2)3/h6-12,14-16H,13,34H2,1-5H3,(H,35,36,37)/t16-/m1/s1. The maximum absolute atomic E-state index is 13.4. The van der Waals surface area contributed by atoms with E-state index in [0.29, 0.717) is 28.0 Å². The van der Waals surface area contributed by atoms with Crippen LogP contribution in [0.25, 0.3) is 10.9 Å². The highest BCUT2D eigenvalue weighted by atomic mass is 35.5. The third-order valence-corrected chi connectivity index (χ3v) is 6.86. The number of halogens is 4. The maximum Gasteiger partial charge on any atom is 0.416 e. The van der Waals surface area contributed by atoms with Gasteiger partial charge >= 0.3 is 6.18 Å². The number of aromatic nitrogens is 2. The van der Waals surface area contributed by atoms with Gasteiger partial charge in [0.2, 0.25) is 11.2 Å². The first kappa shape index (κ1) is 29.7. The van der Waals surface area contributed by atoms with Gasteiger partial charge in [-0.1, -0.05) is 0 Å². The maximum atomic E-state index is 13.4. The Hall–Kier alpha value is -4.25. The number of carbonyl (C=O) groups excluding carboxylic acids is 1. The quantitative estimate of drug-likeness (QED) is 0.180. The lowest BCUT2D eigenvalue weighted by Crippen LogP contribution is -2.23. The molecule has 0 unspecified atom stereocenters. The zero-order valence-electron chi connectivity index (χ0n) is 23.2. The van der Waals surface area contributed by atoms with Crippen LogP contribution < -0.4 is 20.7 Å². The van der Waals surface area contributed by atoms with E-state index in [4.69, 9.17) is 22.1 Å². The summed E-state index contributed by atoms with van der Waals surface area (Å²) in [6.45, 7) is 1.71. The zero-order chi connectivity index (χ0) is 30.1. The lowest BCUT2D eigenvalue weighted by molar-refractivity contribution is -0.137. The molecule has 0 radical (unpaired) electrons. The molecule has 41 heavy (non-hydrogen) atoms. The molecule has 0 saturated heterocycles. The molecule has 0 saturated carbocycles. The molecule has 216 valence electrons. The summed E-state index contributed by atoms with van der Waals surface area (Å²) < 4.78 is 45.6. The number of rotatable bonds is 8. The minimum absolute atomic E-state index is 0.00380. The average molecular weight is 587 g/mol. The Kier molecular flexibility index (Phi) is 8.48. The number of fused-ring (bicyclic) bond motifs is 1. The van der Waals surface area contributed by atoms with Gasteiger partial charge in [-0.3, -0.25) is 4.79 Å². The van der Waals surface area contributed by atoms with Crippen molar-refractivity contribution in [3.8, 4) is 5.75 Å². The van der Waals surface area contributed by atoms with E-state index in [1.807, 2.05) is 42.3 Å². The molecule has 3 N–H and O–H groups in total. The first-order valence-electron chi connectivity index (χ1n) is 12.6. The fraction of sp³-hybridized carbons (Fsp3) is 0.276. The van der Waals surface area contributed by atoms with Crippen LogP contribution in [0.1, 0.15) is 29.7 Å². The summed E-state index contributed by atoms with van der Waals surface area (Å²) in [5, 5.41) is 3.78. The SMILES string of the molecule is COc1ccc(N(C)c2ccc3nc(Cl)nc(N[C@H](C)c4cc(N)cc(C(F)(F)F)c4)c3c2)cc1CC(=O)N(C)C. The lowest BCUT2D eigenvalue weighted by Gasteiger charge is -2.23. The van der Waals surface area contributed by atoms with Gasteiger partial charge in [-0.2, -0.15) is 13.2 Å². The van der Waals surface area contributed by atoms with Gasteiger partial charge in [-0.15, -0.1) is 0 Å². The van der Waals surface area contributed by atoms with Crippen molar-refractivity contribution in [2.45, 2.75) is 25.6 Å². The number of hydrogen-bond donors (Lipinski definition) is 2. The highest BCUT2D eigenvalue weighted by Crippen LogP contribution is 2.36. The monoisotopic (exact) mass is 586 g/mol. The largest absolute Gasteiger partial charge is 0.496 e. The summed E-state index contributed by atoms with van der Waals surface area (Å²) in [6, 6.07) is 13.9. The molecule has 1 amide bonds. The van der Waals surface area contributed by atoms with Gasteiger partial charge in [0.1, 0.15) is 11.6 Å². The number of alkyl halides is 3. The van der Waals surface area contributed by atoms with Crippen LogP contribution in [-0.2, 0) is 17.4 Å². The molecule has 3 aromatic carbocycles. The Balaban J connectivity index is 1.70. The van der Waals surface area contributed by atoms with Crippen molar-refractivity contribution in [3.63, 3.8) is 0 Å². The van der Waals surface area contributed by atoms with Crippen molar-refractivity contribution in [3.05, 3.63) is 76.6 Å². The van der Waals surface area contributed by atoms with E-state index in [2.05, 4.69) is 15.3 Å². The highest BCUT2D eigenvalue weighted by molar-refractivity contribution is 6.28. The van der Waals surface area contributed by atoms with Gasteiger partial charge in [-0.05, 0) is 78.7 Å².